The Hall–Kier alpha value is -0.410. The minimum atomic E-state index is -0.449. The number of likely N-dealkylation sites (N-methyl/N-ethyl adjacent to an activating group) is 2. The van der Waals surface area contributed by atoms with Crippen LogP contribution in [0.3, 0.4) is 0 Å². The number of Topliss-reactive ketones (excluding diaryl/α,β-unsaturated/α-hetero) is 1. The molecule has 134 valence electrons. The van der Waals surface area contributed by atoms with E-state index in [0.717, 1.165) is 0 Å². The van der Waals surface area contributed by atoms with E-state index in [1.807, 2.05) is 34.7 Å². The van der Waals surface area contributed by atoms with E-state index in [2.05, 4.69) is 45.0 Å². The maximum absolute atomic E-state index is 12.4. The van der Waals surface area contributed by atoms with E-state index in [1.54, 1.807) is 0 Å². The summed E-state index contributed by atoms with van der Waals surface area (Å²) >= 11 is 0. The average Bonchev–Trinajstić information content (AvgIpc) is 2.49. The number of carbonyl (C=O) groups is 1. The zero-order valence-electron chi connectivity index (χ0n) is 17.0. The van der Waals surface area contributed by atoms with Gasteiger partial charge in [-0.25, -0.2) is 0 Å². The first-order chi connectivity index (χ1) is 10.1. The van der Waals surface area contributed by atoms with Crippen LogP contribution in [0.25, 0.3) is 0 Å². The summed E-state index contributed by atoms with van der Waals surface area (Å²) in [6, 6.07) is 0. The van der Waals surface area contributed by atoms with Crippen LogP contribution in [0.15, 0.2) is 0 Å². The SMILES string of the molecule is CC.CCCCC(CC)C(C)(C)N(C)CC(=O)C(C)(C)NC. The molecule has 0 fully saturated rings. The minimum absolute atomic E-state index is 0.0589. The molecule has 0 rings (SSSR count). The van der Waals surface area contributed by atoms with Gasteiger partial charge in [-0.2, -0.15) is 0 Å². The summed E-state index contributed by atoms with van der Waals surface area (Å²) in [5, 5.41) is 3.10. The number of ketones is 1. The van der Waals surface area contributed by atoms with Crippen LogP contribution in [0.2, 0.25) is 0 Å². The lowest BCUT2D eigenvalue weighted by atomic mass is 9.80. The van der Waals surface area contributed by atoms with Crippen molar-refractivity contribution in [3.05, 3.63) is 0 Å². The lowest BCUT2D eigenvalue weighted by Crippen LogP contribution is -2.54. The van der Waals surface area contributed by atoms with E-state index in [4.69, 9.17) is 0 Å². The number of nitrogens with zero attached hydrogens (tertiary/aromatic N) is 1. The van der Waals surface area contributed by atoms with Crippen LogP contribution in [-0.2, 0) is 4.79 Å². The molecule has 0 saturated carbocycles. The molecule has 22 heavy (non-hydrogen) atoms. The van der Waals surface area contributed by atoms with Gasteiger partial charge in [0.1, 0.15) is 0 Å². The second kappa shape index (κ2) is 11.2. The number of rotatable bonds is 10. The molecule has 3 heteroatoms. The van der Waals surface area contributed by atoms with Crippen LogP contribution in [0.1, 0.15) is 81.1 Å². The second-order valence-electron chi connectivity index (χ2n) is 7.06. The Kier molecular flexibility index (Phi) is 12.1. The van der Waals surface area contributed by atoms with Crippen molar-refractivity contribution in [2.45, 2.75) is 92.2 Å². The van der Waals surface area contributed by atoms with E-state index in [0.29, 0.717) is 12.5 Å². The lowest BCUT2D eigenvalue weighted by molar-refractivity contribution is -0.126. The summed E-state index contributed by atoms with van der Waals surface area (Å²) < 4.78 is 0. The molecule has 0 spiro atoms. The first-order valence-electron chi connectivity index (χ1n) is 9.06. The summed E-state index contributed by atoms with van der Waals surface area (Å²) in [6.07, 6.45) is 4.92. The van der Waals surface area contributed by atoms with Crippen molar-refractivity contribution in [2.24, 2.45) is 5.92 Å². The van der Waals surface area contributed by atoms with Gasteiger partial charge >= 0.3 is 0 Å². The van der Waals surface area contributed by atoms with Gasteiger partial charge < -0.3 is 5.32 Å². The van der Waals surface area contributed by atoms with Crippen molar-refractivity contribution < 1.29 is 4.79 Å². The molecule has 1 atom stereocenters. The second-order valence-corrected chi connectivity index (χ2v) is 7.06. The van der Waals surface area contributed by atoms with Crippen molar-refractivity contribution in [3.8, 4) is 0 Å². The minimum Gasteiger partial charge on any atom is -0.308 e. The maximum atomic E-state index is 12.4. The van der Waals surface area contributed by atoms with Crippen molar-refractivity contribution in [1.29, 1.82) is 0 Å². The predicted molar refractivity (Wildman–Crippen MR) is 99.5 cm³/mol. The summed E-state index contributed by atoms with van der Waals surface area (Å²) in [7, 11) is 3.93. The van der Waals surface area contributed by atoms with Crippen molar-refractivity contribution in [3.63, 3.8) is 0 Å². The van der Waals surface area contributed by atoms with E-state index < -0.39 is 5.54 Å². The Bertz CT molecular complexity index is 298. The summed E-state index contributed by atoms with van der Waals surface area (Å²) in [4.78, 5) is 14.6. The number of carbonyl (C=O) groups excluding carboxylic acids is 1. The van der Waals surface area contributed by atoms with Gasteiger partial charge in [0.2, 0.25) is 0 Å². The smallest absolute Gasteiger partial charge is 0.166 e. The fourth-order valence-electron chi connectivity index (χ4n) is 2.58. The van der Waals surface area contributed by atoms with E-state index >= 15 is 0 Å². The van der Waals surface area contributed by atoms with Gasteiger partial charge in [0.15, 0.2) is 5.78 Å². The van der Waals surface area contributed by atoms with Crippen molar-refractivity contribution in [1.82, 2.24) is 10.2 Å². The largest absolute Gasteiger partial charge is 0.308 e. The van der Waals surface area contributed by atoms with Gasteiger partial charge in [0, 0.05) is 5.54 Å². The van der Waals surface area contributed by atoms with Crippen LogP contribution in [0.5, 0.6) is 0 Å². The number of nitrogens with one attached hydrogen (secondary N) is 1. The molecule has 1 N–H and O–H groups in total. The molecule has 0 bridgehead atoms. The molecule has 0 radical (unpaired) electrons. The predicted octanol–water partition coefficient (Wildman–Crippen LogP) is 4.51. The van der Waals surface area contributed by atoms with Gasteiger partial charge in [-0.05, 0) is 54.1 Å². The Balaban J connectivity index is 0. The van der Waals surface area contributed by atoms with Gasteiger partial charge in [-0.15, -0.1) is 0 Å². The third-order valence-electron chi connectivity index (χ3n) is 5.08. The van der Waals surface area contributed by atoms with E-state index in [1.165, 1.54) is 25.7 Å². The lowest BCUT2D eigenvalue weighted by Gasteiger charge is -2.43. The first kappa shape index (κ1) is 23.9. The Morgan fingerprint density at radius 1 is 1.14 bits per heavy atom. The molecule has 0 aromatic heterocycles. The molecule has 1 unspecified atom stereocenters. The third-order valence-corrected chi connectivity index (χ3v) is 5.08. The Morgan fingerprint density at radius 2 is 1.64 bits per heavy atom. The quantitative estimate of drug-likeness (QED) is 0.644. The molecule has 0 saturated heterocycles. The van der Waals surface area contributed by atoms with Crippen LogP contribution in [0, 0.1) is 5.92 Å². The van der Waals surface area contributed by atoms with Gasteiger partial charge in [-0.1, -0.05) is 47.0 Å². The summed E-state index contributed by atoms with van der Waals surface area (Å²) in [6.45, 7) is 17.4. The number of unbranched alkanes of at least 4 members (excludes halogenated alkanes) is 1. The number of hydrogen-bond acceptors (Lipinski definition) is 3. The van der Waals surface area contributed by atoms with Crippen LogP contribution >= 0.6 is 0 Å². The fraction of sp³-hybridized carbons (Fsp3) is 0.947. The third kappa shape index (κ3) is 7.23. The monoisotopic (exact) mass is 314 g/mol. The summed E-state index contributed by atoms with van der Waals surface area (Å²) in [5.74, 6) is 0.888. The van der Waals surface area contributed by atoms with Crippen LogP contribution in [-0.4, -0.2) is 42.4 Å². The molecule has 0 aliphatic carbocycles. The van der Waals surface area contributed by atoms with E-state index in [9.17, 15) is 4.79 Å². The average molecular weight is 315 g/mol. The Morgan fingerprint density at radius 3 is 2.00 bits per heavy atom. The highest BCUT2D eigenvalue weighted by molar-refractivity contribution is 5.89. The normalized spacial score (nSPS) is 13.6. The zero-order chi connectivity index (χ0) is 18.0. The molecular weight excluding hydrogens is 272 g/mol. The first-order valence-corrected chi connectivity index (χ1v) is 9.06. The summed E-state index contributed by atoms with van der Waals surface area (Å²) in [5.41, 5.74) is -0.390. The van der Waals surface area contributed by atoms with Crippen LogP contribution < -0.4 is 5.32 Å². The fourth-order valence-corrected chi connectivity index (χ4v) is 2.58. The maximum Gasteiger partial charge on any atom is 0.166 e. The molecule has 3 nitrogen and oxygen atoms in total. The molecular formula is C19H42N2O. The van der Waals surface area contributed by atoms with Gasteiger partial charge in [0.05, 0.1) is 12.1 Å². The molecule has 0 aliphatic heterocycles. The highest BCUT2D eigenvalue weighted by Crippen LogP contribution is 2.30. The number of hydrogen-bond donors (Lipinski definition) is 1. The van der Waals surface area contributed by atoms with Crippen molar-refractivity contribution >= 4 is 5.78 Å². The van der Waals surface area contributed by atoms with Gasteiger partial charge in [0.25, 0.3) is 0 Å². The van der Waals surface area contributed by atoms with E-state index in [-0.39, 0.29) is 11.3 Å². The molecule has 0 amide bonds. The van der Waals surface area contributed by atoms with Crippen LogP contribution in [0.4, 0.5) is 0 Å². The zero-order valence-corrected chi connectivity index (χ0v) is 17.0. The topological polar surface area (TPSA) is 32.3 Å². The highest BCUT2D eigenvalue weighted by Gasteiger charge is 2.35. The standard InChI is InChI=1S/C17H36N2O.C2H6/c1-9-11-12-14(10-2)17(5,6)19(8)13-15(20)16(3,4)18-7;1-2/h14,18H,9-13H2,1-8H3;1-2H3. The molecule has 0 aromatic rings. The Labute approximate surface area is 140 Å². The molecule has 0 heterocycles. The van der Waals surface area contributed by atoms with Gasteiger partial charge in [-0.3, -0.25) is 9.69 Å². The molecule has 0 aromatic carbocycles. The van der Waals surface area contributed by atoms with Crippen molar-refractivity contribution in [2.75, 3.05) is 20.6 Å². The highest BCUT2D eigenvalue weighted by atomic mass is 16.1. The molecule has 0 aliphatic rings.